The summed E-state index contributed by atoms with van der Waals surface area (Å²) in [6.07, 6.45) is 8.45. The van der Waals surface area contributed by atoms with Crippen molar-refractivity contribution >= 4 is 16.5 Å². The van der Waals surface area contributed by atoms with Gasteiger partial charge in [-0.1, -0.05) is 42.5 Å². The fraction of sp³-hybridized carbons (Fsp3) is 0.0667. The van der Waals surface area contributed by atoms with Gasteiger partial charge in [0.25, 0.3) is 0 Å². The van der Waals surface area contributed by atoms with Gasteiger partial charge in [-0.2, -0.15) is 5.26 Å². The van der Waals surface area contributed by atoms with E-state index in [9.17, 15) is 0 Å². The molecule has 2 heterocycles. The van der Waals surface area contributed by atoms with Crippen LogP contribution in [0.15, 0.2) is 110 Å². The lowest BCUT2D eigenvalue weighted by Crippen LogP contribution is -2.33. The molecule has 5 rings (SSSR count). The van der Waals surface area contributed by atoms with Crippen LogP contribution >= 0.6 is 0 Å². The van der Waals surface area contributed by atoms with Crippen LogP contribution in [0.4, 0.5) is 5.69 Å². The third kappa shape index (κ3) is 4.67. The molecule has 0 aliphatic carbocycles. The number of pyridine rings is 2. The van der Waals surface area contributed by atoms with Crippen molar-refractivity contribution in [2.24, 2.45) is 0 Å². The number of fused-ring (bicyclic) bond motifs is 1. The van der Waals surface area contributed by atoms with Crippen molar-refractivity contribution in [1.29, 1.82) is 5.26 Å². The first-order valence-corrected chi connectivity index (χ1v) is 11.1. The topological polar surface area (TPSA) is 35.9 Å². The smallest absolute Gasteiger partial charge is 0.187 e. The van der Waals surface area contributed by atoms with Crippen LogP contribution in [-0.2, 0) is 13.1 Å². The molecule has 0 radical (unpaired) electrons. The highest BCUT2D eigenvalue weighted by Crippen LogP contribution is 2.23. The summed E-state index contributed by atoms with van der Waals surface area (Å²) in [5.74, 6) is 0. The Morgan fingerprint density at radius 2 is 1.32 bits per heavy atom. The maximum absolute atomic E-state index is 8.97. The number of aromatic nitrogens is 2. The summed E-state index contributed by atoms with van der Waals surface area (Å²) in [6, 6.07) is 30.6. The molecule has 5 aromatic rings. The molecule has 34 heavy (non-hydrogen) atoms. The monoisotopic (exact) mass is 438 g/mol. The van der Waals surface area contributed by atoms with Gasteiger partial charge in [0.1, 0.15) is 0 Å². The molecule has 0 fully saturated rings. The van der Waals surface area contributed by atoms with Crippen LogP contribution in [0, 0.1) is 17.9 Å². The summed E-state index contributed by atoms with van der Waals surface area (Å²) in [6.45, 7) is 8.61. The van der Waals surface area contributed by atoms with Gasteiger partial charge in [0.05, 0.1) is 18.2 Å². The minimum Gasteiger partial charge on any atom is -0.238 e. The molecule has 0 unspecified atom stereocenters. The highest BCUT2D eigenvalue weighted by atomic mass is 14.9. The Morgan fingerprint density at radius 1 is 0.676 bits per heavy atom. The molecular weight excluding hydrogens is 416 g/mol. The largest absolute Gasteiger partial charge is 0.238 e. The number of hydrogen-bond acceptors (Lipinski definition) is 1. The van der Waals surface area contributed by atoms with E-state index in [4.69, 9.17) is 11.8 Å². The Balaban J connectivity index is 1.31. The van der Waals surface area contributed by atoms with Crippen molar-refractivity contribution < 1.29 is 9.13 Å². The fourth-order valence-corrected chi connectivity index (χ4v) is 4.05. The molecule has 0 aliphatic rings. The molecule has 0 amide bonds. The highest BCUT2D eigenvalue weighted by molar-refractivity contribution is 5.85. The lowest BCUT2D eigenvalue weighted by Gasteiger charge is -2.05. The quantitative estimate of drug-likeness (QED) is 0.260. The lowest BCUT2D eigenvalue weighted by molar-refractivity contribution is -0.688. The van der Waals surface area contributed by atoms with Crippen molar-refractivity contribution in [3.8, 4) is 17.2 Å². The van der Waals surface area contributed by atoms with Crippen LogP contribution in [0.1, 0.15) is 16.7 Å². The van der Waals surface area contributed by atoms with Crippen LogP contribution in [-0.4, -0.2) is 0 Å². The SMILES string of the molecule is [C-]#[N+]c1ccc(C[n+]2ccc(-c3ccc4c[n+](Cc5ccc(C#N)cc5)ccc4c3)cc2)cc1. The standard InChI is InChI=1S/C30H22N4/c1-32-30-10-6-25(7-11-30)20-33-15-12-26(13-16-33)27-8-9-29-22-34(17-14-28(29)18-27)21-24-4-2-23(19-31)3-5-24/h2-18,22H,20-21H2/q+2. The second kappa shape index (κ2) is 9.36. The summed E-state index contributed by atoms with van der Waals surface area (Å²) in [5.41, 5.74) is 6.05. The second-order valence-corrected chi connectivity index (χ2v) is 8.31. The van der Waals surface area contributed by atoms with E-state index < -0.39 is 0 Å². The van der Waals surface area contributed by atoms with Gasteiger partial charge in [0, 0.05) is 34.7 Å². The normalized spacial score (nSPS) is 10.5. The number of nitrogens with zero attached hydrogens (tertiary/aromatic N) is 4. The van der Waals surface area contributed by atoms with Gasteiger partial charge in [0.15, 0.2) is 43.6 Å². The van der Waals surface area contributed by atoms with E-state index in [1.807, 2.05) is 48.5 Å². The predicted octanol–water partition coefficient (Wildman–Crippen LogP) is 5.60. The van der Waals surface area contributed by atoms with Crippen molar-refractivity contribution in [3.63, 3.8) is 0 Å². The van der Waals surface area contributed by atoms with E-state index in [0.717, 1.165) is 13.1 Å². The second-order valence-electron chi connectivity index (χ2n) is 8.31. The zero-order valence-corrected chi connectivity index (χ0v) is 18.6. The van der Waals surface area contributed by atoms with Crippen molar-refractivity contribution in [2.75, 3.05) is 0 Å². The number of hydrogen-bond donors (Lipinski definition) is 0. The average molecular weight is 439 g/mol. The highest BCUT2D eigenvalue weighted by Gasteiger charge is 2.09. The minimum atomic E-state index is 0.667. The molecule has 2 aromatic heterocycles. The van der Waals surface area contributed by atoms with E-state index >= 15 is 0 Å². The summed E-state index contributed by atoms with van der Waals surface area (Å²) in [4.78, 5) is 3.45. The maximum Gasteiger partial charge on any atom is 0.187 e. The zero-order valence-electron chi connectivity index (χ0n) is 18.6. The van der Waals surface area contributed by atoms with Crippen LogP contribution < -0.4 is 9.13 Å². The van der Waals surface area contributed by atoms with Crippen molar-refractivity contribution in [3.05, 3.63) is 138 Å². The van der Waals surface area contributed by atoms with Crippen LogP contribution in [0.3, 0.4) is 0 Å². The molecule has 4 nitrogen and oxygen atoms in total. The van der Waals surface area contributed by atoms with Gasteiger partial charge < -0.3 is 0 Å². The molecule has 0 N–H and O–H groups in total. The van der Waals surface area contributed by atoms with E-state index in [-0.39, 0.29) is 0 Å². The molecule has 4 heteroatoms. The van der Waals surface area contributed by atoms with E-state index in [1.165, 1.54) is 33.0 Å². The average Bonchev–Trinajstić information content (AvgIpc) is 2.90. The first-order valence-electron chi connectivity index (χ1n) is 11.1. The maximum atomic E-state index is 8.97. The van der Waals surface area contributed by atoms with Crippen molar-refractivity contribution in [2.45, 2.75) is 13.1 Å². The molecular formula is C30H22N4+2. The summed E-state index contributed by atoms with van der Waals surface area (Å²) < 4.78 is 4.31. The third-order valence-corrected chi connectivity index (χ3v) is 5.94. The summed E-state index contributed by atoms with van der Waals surface area (Å²) in [5, 5.41) is 11.4. The van der Waals surface area contributed by atoms with E-state index in [2.05, 4.69) is 81.2 Å². The molecule has 0 spiro atoms. The molecule has 0 saturated heterocycles. The first kappa shape index (κ1) is 21.1. The Kier molecular flexibility index (Phi) is 5.80. The van der Waals surface area contributed by atoms with Gasteiger partial charge in [-0.3, -0.25) is 0 Å². The van der Waals surface area contributed by atoms with Gasteiger partial charge in [-0.05, 0) is 40.8 Å². The van der Waals surface area contributed by atoms with Gasteiger partial charge in [-0.25, -0.2) is 14.0 Å². The molecule has 3 aromatic carbocycles. The van der Waals surface area contributed by atoms with Crippen LogP contribution in [0.5, 0.6) is 0 Å². The zero-order chi connectivity index (χ0) is 23.3. The van der Waals surface area contributed by atoms with Crippen molar-refractivity contribution in [1.82, 2.24) is 0 Å². The molecule has 0 bridgehead atoms. The Morgan fingerprint density at radius 3 is 2.00 bits per heavy atom. The number of rotatable bonds is 5. The van der Waals surface area contributed by atoms with Gasteiger partial charge in [0.2, 0.25) is 0 Å². The Labute approximate surface area is 199 Å². The molecule has 0 atom stereocenters. The van der Waals surface area contributed by atoms with Crippen LogP contribution in [0.25, 0.3) is 26.7 Å². The number of nitriles is 1. The Bertz CT molecular complexity index is 1540. The van der Waals surface area contributed by atoms with Gasteiger partial charge in [-0.15, -0.1) is 0 Å². The summed E-state index contributed by atoms with van der Waals surface area (Å²) in [7, 11) is 0. The Hall–Kier alpha value is -4.80. The molecule has 0 aliphatic heterocycles. The lowest BCUT2D eigenvalue weighted by atomic mass is 10.0. The van der Waals surface area contributed by atoms with Crippen LogP contribution in [0.2, 0.25) is 0 Å². The first-order chi connectivity index (χ1) is 16.7. The number of benzene rings is 3. The third-order valence-electron chi connectivity index (χ3n) is 5.94. The summed E-state index contributed by atoms with van der Waals surface area (Å²) >= 11 is 0. The minimum absolute atomic E-state index is 0.667. The predicted molar refractivity (Wildman–Crippen MR) is 132 cm³/mol. The van der Waals surface area contributed by atoms with E-state index in [1.54, 1.807) is 0 Å². The molecule has 160 valence electrons. The molecule has 0 saturated carbocycles. The fourth-order valence-electron chi connectivity index (χ4n) is 4.05. The van der Waals surface area contributed by atoms with E-state index in [0.29, 0.717) is 11.3 Å². The van der Waals surface area contributed by atoms with Gasteiger partial charge >= 0.3 is 0 Å².